The molecule has 31 heavy (non-hydrogen) atoms. The number of para-hydroxylation sites is 1. The van der Waals surface area contributed by atoms with Gasteiger partial charge in [0.25, 0.3) is 5.91 Å². The maximum atomic E-state index is 13.0. The van der Waals surface area contributed by atoms with E-state index in [0.717, 1.165) is 6.26 Å². The van der Waals surface area contributed by atoms with Crippen LogP contribution in [0.4, 0.5) is 5.13 Å². The van der Waals surface area contributed by atoms with E-state index < -0.39 is 9.84 Å². The fourth-order valence-corrected chi connectivity index (χ4v) is 4.77. The highest BCUT2D eigenvalue weighted by atomic mass is 35.5. The number of hydrogen-bond acceptors (Lipinski definition) is 7. The molecule has 11 heteroatoms. The molecule has 0 atom stereocenters. The van der Waals surface area contributed by atoms with Crippen molar-refractivity contribution in [1.29, 1.82) is 0 Å². The molecule has 0 saturated heterocycles. The van der Waals surface area contributed by atoms with E-state index in [1.54, 1.807) is 36.4 Å². The van der Waals surface area contributed by atoms with Crippen molar-refractivity contribution in [2.45, 2.75) is 4.90 Å². The Morgan fingerprint density at radius 2 is 1.81 bits per heavy atom. The minimum absolute atomic E-state index is 0. The summed E-state index contributed by atoms with van der Waals surface area (Å²) in [4.78, 5) is 21.1. The van der Waals surface area contributed by atoms with Crippen molar-refractivity contribution in [2.75, 3.05) is 44.9 Å². The van der Waals surface area contributed by atoms with Crippen LogP contribution in [0.15, 0.2) is 47.4 Å². The van der Waals surface area contributed by atoms with Gasteiger partial charge in [-0.25, -0.2) is 13.4 Å². The second-order valence-corrected chi connectivity index (χ2v) is 10.4. The molecule has 0 saturated carbocycles. The highest BCUT2D eigenvalue weighted by Gasteiger charge is 2.23. The number of sulfone groups is 1. The van der Waals surface area contributed by atoms with Gasteiger partial charge in [0, 0.05) is 24.4 Å². The first-order valence-electron chi connectivity index (χ1n) is 9.08. The Morgan fingerprint density at radius 3 is 2.42 bits per heavy atom. The summed E-state index contributed by atoms with van der Waals surface area (Å²) in [6, 6.07) is 11.7. The van der Waals surface area contributed by atoms with Gasteiger partial charge in [0.2, 0.25) is 0 Å². The second kappa shape index (κ2) is 10.6. The number of rotatable bonds is 8. The number of nitrogens with zero attached hydrogens (tertiary/aromatic N) is 3. The Bertz CT molecular complexity index is 1150. The van der Waals surface area contributed by atoms with Gasteiger partial charge in [0.05, 0.1) is 9.60 Å². The van der Waals surface area contributed by atoms with E-state index in [2.05, 4.69) is 4.98 Å². The third-order valence-electron chi connectivity index (χ3n) is 4.25. The van der Waals surface area contributed by atoms with Gasteiger partial charge >= 0.3 is 0 Å². The van der Waals surface area contributed by atoms with Gasteiger partial charge in [-0.3, -0.25) is 9.69 Å². The van der Waals surface area contributed by atoms with Crippen molar-refractivity contribution in [3.05, 3.63) is 47.5 Å². The topological polar surface area (TPSA) is 79.8 Å². The molecule has 3 aromatic rings. The zero-order valence-electron chi connectivity index (χ0n) is 17.2. The standard InChI is InChI=1S/C20H22ClN3O4S2.ClH/c1-23(2)11-12-24(18(25)13-28-15-9-7-14(21)8-10-15)20-22-19-16(29-20)5-4-6-17(19)30(3,26)27;/h4-10H,11-13H2,1-3H3;1H. The molecule has 0 fully saturated rings. The van der Waals surface area contributed by atoms with Gasteiger partial charge in [0.15, 0.2) is 21.6 Å². The van der Waals surface area contributed by atoms with E-state index in [-0.39, 0.29) is 29.8 Å². The van der Waals surface area contributed by atoms with Crippen LogP contribution >= 0.6 is 35.3 Å². The van der Waals surface area contributed by atoms with Crippen LogP contribution < -0.4 is 9.64 Å². The number of halogens is 2. The van der Waals surface area contributed by atoms with Crippen molar-refractivity contribution < 1.29 is 17.9 Å². The van der Waals surface area contributed by atoms with Gasteiger partial charge in [-0.2, -0.15) is 0 Å². The van der Waals surface area contributed by atoms with E-state index in [1.165, 1.54) is 22.3 Å². The summed E-state index contributed by atoms with van der Waals surface area (Å²) in [6.45, 7) is 0.829. The molecule has 1 amide bonds. The predicted octanol–water partition coefficient (Wildman–Crippen LogP) is 3.75. The molecule has 0 unspecified atom stereocenters. The number of carbonyl (C=O) groups is 1. The highest BCUT2D eigenvalue weighted by molar-refractivity contribution is 7.91. The monoisotopic (exact) mass is 503 g/mol. The van der Waals surface area contributed by atoms with E-state index >= 15 is 0 Å². The average molecular weight is 504 g/mol. The van der Waals surface area contributed by atoms with Crippen molar-refractivity contribution >= 4 is 66.4 Å². The third-order valence-corrected chi connectivity index (χ3v) is 6.67. The molecule has 1 aromatic heterocycles. The normalized spacial score (nSPS) is 11.4. The summed E-state index contributed by atoms with van der Waals surface area (Å²) in [6.07, 6.45) is 1.15. The van der Waals surface area contributed by atoms with Crippen LogP contribution in [0, 0.1) is 0 Å². The van der Waals surface area contributed by atoms with Gasteiger partial charge < -0.3 is 9.64 Å². The molecule has 168 valence electrons. The number of likely N-dealkylation sites (N-methyl/N-ethyl adjacent to an activating group) is 1. The molecule has 3 rings (SSSR count). The molecule has 0 aliphatic carbocycles. The van der Waals surface area contributed by atoms with E-state index in [9.17, 15) is 13.2 Å². The number of ether oxygens (including phenoxy) is 1. The average Bonchev–Trinajstić information content (AvgIpc) is 3.10. The Balaban J connectivity index is 0.00000341. The van der Waals surface area contributed by atoms with Crippen LogP contribution in [-0.2, 0) is 14.6 Å². The lowest BCUT2D eigenvalue weighted by atomic mass is 10.3. The van der Waals surface area contributed by atoms with Gasteiger partial charge in [-0.1, -0.05) is 29.0 Å². The molecular formula is C20H23Cl2N3O4S2. The Hall–Kier alpha value is -1.91. The molecule has 0 radical (unpaired) electrons. The molecular weight excluding hydrogens is 481 g/mol. The van der Waals surface area contributed by atoms with Crippen molar-refractivity contribution in [3.63, 3.8) is 0 Å². The third kappa shape index (κ3) is 6.54. The summed E-state index contributed by atoms with van der Waals surface area (Å²) < 4.78 is 30.5. The predicted molar refractivity (Wildman–Crippen MR) is 128 cm³/mol. The smallest absolute Gasteiger partial charge is 0.266 e. The van der Waals surface area contributed by atoms with E-state index in [1.807, 2.05) is 19.0 Å². The number of amides is 1. The molecule has 0 bridgehead atoms. The molecule has 0 aliphatic heterocycles. The summed E-state index contributed by atoms with van der Waals surface area (Å²) in [5.74, 6) is 0.260. The number of anilines is 1. The van der Waals surface area contributed by atoms with Gasteiger partial charge in [-0.05, 0) is 50.5 Å². The summed E-state index contributed by atoms with van der Waals surface area (Å²) in [7, 11) is 0.379. The van der Waals surface area contributed by atoms with Crippen LogP contribution in [0.1, 0.15) is 0 Å². The van der Waals surface area contributed by atoms with Crippen LogP contribution in [0.2, 0.25) is 5.02 Å². The largest absolute Gasteiger partial charge is 0.484 e. The van der Waals surface area contributed by atoms with Crippen molar-refractivity contribution in [2.24, 2.45) is 0 Å². The first-order valence-corrected chi connectivity index (χ1v) is 12.2. The first kappa shape index (κ1) is 25.4. The number of carbonyl (C=O) groups excluding carboxylic acids is 1. The zero-order valence-corrected chi connectivity index (χ0v) is 20.4. The first-order chi connectivity index (χ1) is 14.1. The maximum absolute atomic E-state index is 13.0. The number of fused-ring (bicyclic) bond motifs is 1. The Labute approximate surface area is 196 Å². The second-order valence-electron chi connectivity index (χ2n) is 6.96. The molecule has 1 heterocycles. The quantitative estimate of drug-likeness (QED) is 0.465. The fourth-order valence-electron chi connectivity index (χ4n) is 2.71. The molecule has 0 spiro atoms. The SMILES string of the molecule is CN(C)CCN(C(=O)COc1ccc(Cl)cc1)c1nc2c(S(C)(=O)=O)cccc2s1.Cl. The minimum Gasteiger partial charge on any atom is -0.484 e. The molecule has 7 nitrogen and oxygen atoms in total. The number of aromatic nitrogens is 1. The number of hydrogen-bond donors (Lipinski definition) is 0. The van der Waals surface area contributed by atoms with Gasteiger partial charge in [0.1, 0.15) is 11.3 Å². The zero-order chi connectivity index (χ0) is 21.9. The van der Waals surface area contributed by atoms with E-state index in [4.69, 9.17) is 16.3 Å². The molecule has 0 N–H and O–H groups in total. The lowest BCUT2D eigenvalue weighted by molar-refractivity contribution is -0.120. The number of thiazole rings is 1. The molecule has 2 aromatic carbocycles. The number of benzene rings is 2. The Morgan fingerprint density at radius 1 is 1.13 bits per heavy atom. The highest BCUT2D eigenvalue weighted by Crippen LogP contribution is 2.32. The van der Waals surface area contributed by atoms with Crippen molar-refractivity contribution in [1.82, 2.24) is 9.88 Å². The maximum Gasteiger partial charge on any atom is 0.266 e. The van der Waals surface area contributed by atoms with E-state index in [0.29, 0.717) is 39.2 Å². The minimum atomic E-state index is -3.44. The summed E-state index contributed by atoms with van der Waals surface area (Å²) in [5.41, 5.74) is 0.376. The summed E-state index contributed by atoms with van der Waals surface area (Å²) >= 11 is 7.15. The fraction of sp³-hybridized carbons (Fsp3) is 0.300. The lowest BCUT2D eigenvalue weighted by Crippen LogP contribution is -2.39. The van der Waals surface area contributed by atoms with Gasteiger partial charge in [-0.15, -0.1) is 12.4 Å². The van der Waals surface area contributed by atoms with Crippen molar-refractivity contribution in [3.8, 4) is 5.75 Å². The Kier molecular flexibility index (Phi) is 8.67. The van der Waals surface area contributed by atoms with Crippen LogP contribution in [-0.4, -0.2) is 64.3 Å². The van der Waals surface area contributed by atoms with Crippen LogP contribution in [0.3, 0.4) is 0 Å². The molecule has 0 aliphatic rings. The van der Waals surface area contributed by atoms with Crippen LogP contribution in [0.25, 0.3) is 10.2 Å². The van der Waals surface area contributed by atoms with Crippen LogP contribution in [0.5, 0.6) is 5.75 Å². The lowest BCUT2D eigenvalue weighted by Gasteiger charge is -2.22. The summed E-state index contributed by atoms with van der Waals surface area (Å²) in [5, 5.41) is 1.02.